The summed E-state index contributed by atoms with van der Waals surface area (Å²) in [5, 5.41) is 47.2. The van der Waals surface area contributed by atoms with E-state index < -0.39 is 71.2 Å². The van der Waals surface area contributed by atoms with Crippen LogP contribution in [-0.2, 0) is 32.1 Å². The Bertz CT molecular complexity index is 1440. The van der Waals surface area contributed by atoms with Gasteiger partial charge < -0.3 is 39.8 Å². The summed E-state index contributed by atoms with van der Waals surface area (Å²) in [7, 11) is -1.27. The fraction of sp³-hybridized carbons (Fsp3) is 0.686. The van der Waals surface area contributed by atoms with Crippen LogP contribution in [0.15, 0.2) is 24.8 Å². The molecule has 3 fully saturated rings. The molecule has 1 heterocycles. The number of alkyl carbamates (subject to hydrolysis) is 1. The summed E-state index contributed by atoms with van der Waals surface area (Å²) in [6.45, 7) is 17.2. The molecule has 5 rings (SSSR count). The second kappa shape index (κ2) is 12.2. The second-order valence-electron chi connectivity index (χ2n) is 15.9. The molecule has 47 heavy (non-hydrogen) atoms. The summed E-state index contributed by atoms with van der Waals surface area (Å²) in [6.07, 6.45) is -0.886. The lowest BCUT2D eigenvalue weighted by atomic mass is 9.41. The molecule has 1 amide bonds. The van der Waals surface area contributed by atoms with E-state index >= 15 is 0 Å². The van der Waals surface area contributed by atoms with Gasteiger partial charge in [-0.1, -0.05) is 33.8 Å². The molecule has 2 unspecified atom stereocenters. The fourth-order valence-corrected chi connectivity index (χ4v) is 9.43. The highest BCUT2D eigenvalue weighted by Crippen LogP contribution is 2.69. The molecule has 3 aliphatic carbocycles. The molecule has 0 saturated heterocycles. The second-order valence-corrected chi connectivity index (χ2v) is 15.9. The number of carboxylic acids is 1. The summed E-state index contributed by atoms with van der Waals surface area (Å²) < 4.78 is 17.3. The standard InChI is InChI=1S/C35H50BNO10/c1-9-33(7)14-23(34(8)18(2)10-11-35(19(3)29(33)40)15-25(38)26(39)28(34)35)27(30(41)42)46-21-12-20(16-37-31(43)47-32(4,5)6)22-17-45-36(44)24(22)13-21/h9,12-13,18-19,23,25,27-29,38,40,44H,1,10-11,14-17H2,2-8H3,(H,37,43)(H,41,42)/t18-,19+,23+,25?,27?,28+,29+,33-,34-,35+/m1/s1. The maximum Gasteiger partial charge on any atom is 0.491 e. The summed E-state index contributed by atoms with van der Waals surface area (Å²) in [5.74, 6) is -3.34. The normalized spacial score (nSPS) is 37.2. The first kappa shape index (κ1) is 35.4. The van der Waals surface area contributed by atoms with Gasteiger partial charge in [0.2, 0.25) is 0 Å². The largest absolute Gasteiger partial charge is 0.491 e. The Balaban J connectivity index is 1.59. The van der Waals surface area contributed by atoms with Gasteiger partial charge in [-0.05, 0) is 97.8 Å². The van der Waals surface area contributed by atoms with Gasteiger partial charge in [0.1, 0.15) is 17.5 Å². The van der Waals surface area contributed by atoms with E-state index in [1.165, 1.54) is 0 Å². The Morgan fingerprint density at radius 1 is 1.21 bits per heavy atom. The van der Waals surface area contributed by atoms with Crippen LogP contribution < -0.4 is 15.5 Å². The number of hydrogen-bond acceptors (Lipinski definition) is 9. The molecule has 2 bridgehead atoms. The summed E-state index contributed by atoms with van der Waals surface area (Å²) in [4.78, 5) is 39.7. The molecular weight excluding hydrogens is 605 g/mol. The van der Waals surface area contributed by atoms with E-state index in [0.717, 1.165) is 0 Å². The molecule has 0 radical (unpaired) electrons. The predicted octanol–water partition coefficient (Wildman–Crippen LogP) is 3.34. The number of Topliss-reactive ketones (excluding diaryl/α,β-unsaturated/α-hetero) is 1. The van der Waals surface area contributed by atoms with Gasteiger partial charge in [0.25, 0.3) is 0 Å². The first-order valence-corrected chi connectivity index (χ1v) is 16.6. The third kappa shape index (κ3) is 5.89. The Morgan fingerprint density at radius 3 is 2.51 bits per heavy atom. The van der Waals surface area contributed by atoms with Crippen molar-refractivity contribution >= 4 is 30.4 Å². The quantitative estimate of drug-likeness (QED) is 0.217. The number of fused-ring (bicyclic) bond motifs is 1. The predicted molar refractivity (Wildman–Crippen MR) is 174 cm³/mol. The van der Waals surface area contributed by atoms with Crippen LogP contribution >= 0.6 is 0 Å². The minimum absolute atomic E-state index is 0.00996. The zero-order valence-corrected chi connectivity index (χ0v) is 28.5. The van der Waals surface area contributed by atoms with Gasteiger partial charge in [-0.25, -0.2) is 9.59 Å². The highest BCUT2D eigenvalue weighted by atomic mass is 16.6. The van der Waals surface area contributed by atoms with Crippen LogP contribution in [0.3, 0.4) is 0 Å². The first-order chi connectivity index (χ1) is 21.8. The molecule has 4 aliphatic rings. The van der Waals surface area contributed by atoms with E-state index in [-0.39, 0.29) is 49.4 Å². The number of ketones is 1. The Morgan fingerprint density at radius 2 is 1.89 bits per heavy atom. The van der Waals surface area contributed by atoms with Gasteiger partial charge in [-0.3, -0.25) is 4.79 Å². The molecule has 10 atom stereocenters. The molecule has 1 aliphatic heterocycles. The fourth-order valence-electron chi connectivity index (χ4n) is 9.43. The van der Waals surface area contributed by atoms with Crippen LogP contribution in [0.5, 0.6) is 5.75 Å². The summed E-state index contributed by atoms with van der Waals surface area (Å²) in [5.41, 5.74) is -1.68. The highest BCUT2D eigenvalue weighted by Gasteiger charge is 2.70. The third-order valence-corrected chi connectivity index (χ3v) is 12.2. The van der Waals surface area contributed by atoms with Gasteiger partial charge in [0.15, 0.2) is 11.9 Å². The van der Waals surface area contributed by atoms with Crippen molar-refractivity contribution in [2.45, 2.75) is 111 Å². The summed E-state index contributed by atoms with van der Waals surface area (Å²) in [6, 6.07) is 3.18. The van der Waals surface area contributed by atoms with Crippen molar-refractivity contribution < 1.29 is 48.9 Å². The minimum atomic E-state index is -1.48. The highest BCUT2D eigenvalue weighted by molar-refractivity contribution is 6.61. The average molecular weight is 656 g/mol. The number of ether oxygens (including phenoxy) is 2. The monoisotopic (exact) mass is 655 g/mol. The maximum absolute atomic E-state index is 13.9. The van der Waals surface area contributed by atoms with Crippen molar-refractivity contribution in [3.8, 4) is 5.75 Å². The van der Waals surface area contributed by atoms with Crippen molar-refractivity contribution in [1.29, 1.82) is 0 Å². The number of aliphatic hydroxyl groups excluding tert-OH is 2. The van der Waals surface area contributed by atoms with Crippen LogP contribution in [0.4, 0.5) is 4.79 Å². The van der Waals surface area contributed by atoms with Gasteiger partial charge in [0.05, 0.1) is 12.7 Å². The first-order valence-electron chi connectivity index (χ1n) is 16.6. The van der Waals surface area contributed by atoms with E-state index in [9.17, 15) is 34.7 Å². The molecule has 3 saturated carbocycles. The molecule has 5 N–H and O–H groups in total. The maximum atomic E-state index is 13.9. The molecular formula is C35H50BNO10. The Hall–Kier alpha value is -2.93. The number of carbonyl (C=O) groups is 3. The van der Waals surface area contributed by atoms with Crippen molar-refractivity contribution in [3.05, 3.63) is 35.9 Å². The zero-order valence-electron chi connectivity index (χ0n) is 28.5. The van der Waals surface area contributed by atoms with E-state index in [1.54, 1.807) is 39.0 Å². The Kier molecular flexibility index (Phi) is 9.18. The molecule has 0 spiro atoms. The lowest BCUT2D eigenvalue weighted by Gasteiger charge is -2.62. The number of carbonyl (C=O) groups excluding carboxylic acids is 2. The number of hydrogen-bond donors (Lipinski definition) is 5. The Labute approximate surface area is 277 Å². The van der Waals surface area contributed by atoms with Crippen molar-refractivity contribution in [2.75, 3.05) is 0 Å². The smallest absolute Gasteiger partial charge is 0.478 e. The molecule has 1 aromatic carbocycles. The topological polar surface area (TPSA) is 172 Å². The number of carboxylic acid groups (broad SMARTS) is 1. The average Bonchev–Trinajstić information content (AvgIpc) is 3.50. The molecule has 0 aromatic heterocycles. The minimum Gasteiger partial charge on any atom is -0.478 e. The number of aliphatic carboxylic acids is 1. The molecule has 11 nitrogen and oxygen atoms in total. The molecule has 12 heteroatoms. The van der Waals surface area contributed by atoms with Gasteiger partial charge in [-0.2, -0.15) is 0 Å². The molecule has 1 aromatic rings. The van der Waals surface area contributed by atoms with Crippen LogP contribution in [-0.4, -0.2) is 69.2 Å². The summed E-state index contributed by atoms with van der Waals surface area (Å²) >= 11 is 0. The molecule has 258 valence electrons. The third-order valence-electron chi connectivity index (χ3n) is 12.2. The van der Waals surface area contributed by atoms with Crippen LogP contribution in [0, 0.1) is 39.9 Å². The van der Waals surface area contributed by atoms with Crippen LogP contribution in [0.25, 0.3) is 0 Å². The van der Waals surface area contributed by atoms with Gasteiger partial charge in [-0.15, -0.1) is 6.58 Å². The van der Waals surface area contributed by atoms with Gasteiger partial charge >= 0.3 is 19.2 Å². The van der Waals surface area contributed by atoms with Crippen molar-refractivity contribution in [3.63, 3.8) is 0 Å². The number of amides is 1. The SMILES string of the molecule is C=C[C@]1(C)C[C@@H](C(Oc2cc(CNC(=O)OC(C)(C)C)c3c(c2)B(O)OC3)C(=O)O)[C@@]2(C)[C@H](C)CC[C@]3(CC(O)C(=O)[C@H]32)[C@@H](C)[C@@H]1O. The van der Waals surface area contributed by atoms with Gasteiger partial charge in [0, 0.05) is 23.8 Å². The van der Waals surface area contributed by atoms with Crippen LogP contribution in [0.1, 0.15) is 85.3 Å². The number of rotatable bonds is 7. The van der Waals surface area contributed by atoms with Crippen molar-refractivity contribution in [1.82, 2.24) is 5.32 Å². The van der Waals surface area contributed by atoms with E-state index in [4.69, 9.17) is 14.1 Å². The zero-order chi connectivity index (χ0) is 34.9. The number of benzene rings is 1. The number of nitrogens with one attached hydrogen (secondary N) is 1. The lowest BCUT2D eigenvalue weighted by Crippen LogP contribution is -2.63. The lowest BCUT2D eigenvalue weighted by molar-refractivity contribution is -0.193. The number of aliphatic hydroxyl groups is 2. The van der Waals surface area contributed by atoms with Crippen molar-refractivity contribution in [2.24, 2.45) is 39.9 Å². The van der Waals surface area contributed by atoms with Crippen LogP contribution in [0.2, 0.25) is 0 Å². The van der Waals surface area contributed by atoms with E-state index in [1.807, 2.05) is 27.7 Å². The van der Waals surface area contributed by atoms with E-state index in [0.29, 0.717) is 29.4 Å². The van der Waals surface area contributed by atoms with E-state index in [2.05, 4.69) is 11.9 Å².